The zero-order valence-electron chi connectivity index (χ0n) is 11.6. The summed E-state index contributed by atoms with van der Waals surface area (Å²) in [5.41, 5.74) is 0.775. The van der Waals surface area contributed by atoms with Gasteiger partial charge in [0.2, 0.25) is 0 Å². The van der Waals surface area contributed by atoms with Crippen molar-refractivity contribution in [3.63, 3.8) is 0 Å². The quantitative estimate of drug-likeness (QED) is 0.663. The lowest BCUT2D eigenvalue weighted by molar-refractivity contribution is -0.385. The number of anilines is 1. The summed E-state index contributed by atoms with van der Waals surface area (Å²) in [6.45, 7) is 0.511. The maximum absolute atomic E-state index is 11.0. The first-order chi connectivity index (χ1) is 9.88. The molecule has 2 rings (SSSR count). The summed E-state index contributed by atoms with van der Waals surface area (Å²) in [6, 6.07) is 4.06. The fourth-order valence-corrected chi connectivity index (χ4v) is 2.01. The van der Waals surface area contributed by atoms with Crippen molar-refractivity contribution in [1.29, 1.82) is 0 Å². The van der Waals surface area contributed by atoms with Crippen LogP contribution in [0.5, 0.6) is 0 Å². The highest BCUT2D eigenvalue weighted by Gasteiger charge is 2.21. The molecule has 1 aromatic carbocycles. The first-order valence-corrected chi connectivity index (χ1v) is 6.09. The molecule has 1 heterocycles. The molecule has 21 heavy (non-hydrogen) atoms. The number of benzene rings is 1. The van der Waals surface area contributed by atoms with Crippen molar-refractivity contribution in [2.45, 2.75) is 6.54 Å². The van der Waals surface area contributed by atoms with E-state index in [0.717, 1.165) is 5.56 Å². The molecule has 0 aliphatic rings. The largest absolute Gasteiger partial charge is 0.477 e. The maximum atomic E-state index is 11.0. The molecule has 2 aromatic rings. The van der Waals surface area contributed by atoms with Crippen LogP contribution < -0.4 is 4.90 Å². The number of hydrogen-bond donors (Lipinski definition) is 1. The summed E-state index contributed by atoms with van der Waals surface area (Å²) >= 11 is 0. The highest BCUT2D eigenvalue weighted by Crippen LogP contribution is 2.26. The van der Waals surface area contributed by atoms with E-state index < -0.39 is 16.6 Å². The Balaban J connectivity index is 2.29. The van der Waals surface area contributed by atoms with Crippen molar-refractivity contribution in [2.24, 2.45) is 7.05 Å². The van der Waals surface area contributed by atoms with Gasteiger partial charge in [0.25, 0.3) is 5.69 Å². The van der Waals surface area contributed by atoms with Gasteiger partial charge in [-0.25, -0.2) is 4.79 Å². The molecule has 0 bridgehead atoms. The van der Waals surface area contributed by atoms with E-state index in [9.17, 15) is 14.9 Å². The number of aryl methyl sites for hydroxylation is 1. The third-order valence-corrected chi connectivity index (χ3v) is 3.03. The normalized spacial score (nSPS) is 10.4. The predicted octanol–water partition coefficient (Wildman–Crippen LogP) is 1.66. The topological polar surface area (TPSA) is 102 Å². The molecule has 0 amide bonds. The van der Waals surface area contributed by atoms with E-state index in [0.29, 0.717) is 12.2 Å². The average molecular weight is 290 g/mol. The zero-order chi connectivity index (χ0) is 15.6. The summed E-state index contributed by atoms with van der Waals surface area (Å²) in [4.78, 5) is 23.0. The molecule has 0 fully saturated rings. The molecule has 0 saturated heterocycles. The van der Waals surface area contributed by atoms with E-state index in [1.807, 2.05) is 6.20 Å². The Labute approximate surface area is 120 Å². The predicted molar refractivity (Wildman–Crippen MR) is 75.4 cm³/mol. The van der Waals surface area contributed by atoms with Crippen LogP contribution in [0.25, 0.3) is 0 Å². The standard InChI is InChI=1S/C13H14N4O4/c1-15(7-9-6-14-16(2)8-9)10-3-4-11(13(18)19)12(5-10)17(20)21/h3-6,8H,7H2,1-2H3,(H,18,19). The van der Waals surface area contributed by atoms with Crippen LogP contribution in [0.4, 0.5) is 11.4 Å². The fraction of sp³-hybridized carbons (Fsp3) is 0.231. The van der Waals surface area contributed by atoms with Crippen molar-refractivity contribution in [3.8, 4) is 0 Å². The van der Waals surface area contributed by atoms with Crippen molar-refractivity contribution >= 4 is 17.3 Å². The van der Waals surface area contributed by atoms with Crippen LogP contribution >= 0.6 is 0 Å². The Morgan fingerprint density at radius 2 is 2.24 bits per heavy atom. The molecular formula is C13H14N4O4. The second-order valence-corrected chi connectivity index (χ2v) is 4.64. The summed E-state index contributed by atoms with van der Waals surface area (Å²) in [6.07, 6.45) is 3.55. The van der Waals surface area contributed by atoms with Gasteiger partial charge in [-0.05, 0) is 12.1 Å². The molecule has 0 unspecified atom stereocenters. The minimum Gasteiger partial charge on any atom is -0.477 e. The van der Waals surface area contributed by atoms with Crippen molar-refractivity contribution in [1.82, 2.24) is 9.78 Å². The summed E-state index contributed by atoms with van der Waals surface area (Å²) in [7, 11) is 3.57. The van der Waals surface area contributed by atoms with Crippen LogP contribution in [0.15, 0.2) is 30.6 Å². The van der Waals surface area contributed by atoms with E-state index in [1.54, 1.807) is 35.9 Å². The van der Waals surface area contributed by atoms with Crippen molar-refractivity contribution in [3.05, 3.63) is 51.8 Å². The molecule has 0 spiro atoms. The number of aromatic nitrogens is 2. The van der Waals surface area contributed by atoms with E-state index >= 15 is 0 Å². The number of nitrogens with zero attached hydrogens (tertiary/aromatic N) is 4. The van der Waals surface area contributed by atoms with Crippen LogP contribution in [-0.4, -0.2) is 32.8 Å². The lowest BCUT2D eigenvalue weighted by atomic mass is 10.1. The van der Waals surface area contributed by atoms with Crippen LogP contribution in [0, 0.1) is 10.1 Å². The second kappa shape index (κ2) is 5.61. The van der Waals surface area contributed by atoms with Gasteiger partial charge in [-0.15, -0.1) is 0 Å². The Hall–Kier alpha value is -2.90. The number of rotatable bonds is 5. The average Bonchev–Trinajstić information content (AvgIpc) is 2.83. The zero-order valence-corrected chi connectivity index (χ0v) is 11.6. The lowest BCUT2D eigenvalue weighted by Crippen LogP contribution is -2.16. The highest BCUT2D eigenvalue weighted by molar-refractivity contribution is 5.93. The Morgan fingerprint density at radius 1 is 1.52 bits per heavy atom. The first kappa shape index (κ1) is 14.5. The Bertz CT molecular complexity index is 695. The molecule has 1 N–H and O–H groups in total. The molecule has 0 atom stereocenters. The number of carboxylic acid groups (broad SMARTS) is 1. The van der Waals surface area contributed by atoms with Gasteiger partial charge in [0.15, 0.2) is 0 Å². The maximum Gasteiger partial charge on any atom is 0.342 e. The monoisotopic (exact) mass is 290 g/mol. The lowest BCUT2D eigenvalue weighted by Gasteiger charge is -2.18. The van der Waals surface area contributed by atoms with Gasteiger partial charge in [0, 0.05) is 44.2 Å². The van der Waals surface area contributed by atoms with Gasteiger partial charge in [0.05, 0.1) is 11.1 Å². The molecule has 1 aromatic heterocycles. The van der Waals surface area contributed by atoms with Gasteiger partial charge in [0.1, 0.15) is 5.56 Å². The molecule has 0 radical (unpaired) electrons. The molecule has 110 valence electrons. The van der Waals surface area contributed by atoms with E-state index in [2.05, 4.69) is 5.10 Å². The number of carboxylic acids is 1. The summed E-state index contributed by atoms with van der Waals surface area (Å²) < 4.78 is 1.67. The van der Waals surface area contributed by atoms with Gasteiger partial charge in [-0.3, -0.25) is 14.8 Å². The van der Waals surface area contributed by atoms with Crippen molar-refractivity contribution in [2.75, 3.05) is 11.9 Å². The molecular weight excluding hydrogens is 276 g/mol. The van der Waals surface area contributed by atoms with E-state index in [-0.39, 0.29) is 5.56 Å². The van der Waals surface area contributed by atoms with Crippen LogP contribution in [0.1, 0.15) is 15.9 Å². The molecule has 0 aliphatic heterocycles. The fourth-order valence-electron chi connectivity index (χ4n) is 2.01. The number of nitro groups is 1. The number of carbonyl (C=O) groups is 1. The SMILES string of the molecule is CN(Cc1cnn(C)c1)c1ccc(C(=O)O)c([N+](=O)[O-])c1. The smallest absolute Gasteiger partial charge is 0.342 e. The number of nitro benzene ring substituents is 1. The summed E-state index contributed by atoms with van der Waals surface area (Å²) in [5, 5.41) is 24.0. The Morgan fingerprint density at radius 3 is 2.76 bits per heavy atom. The third-order valence-electron chi connectivity index (χ3n) is 3.03. The third kappa shape index (κ3) is 3.16. The van der Waals surface area contributed by atoms with Gasteiger partial charge >= 0.3 is 5.97 Å². The minimum atomic E-state index is -1.32. The molecule has 8 nitrogen and oxygen atoms in total. The van der Waals surface area contributed by atoms with Gasteiger partial charge < -0.3 is 10.0 Å². The first-order valence-electron chi connectivity index (χ1n) is 6.09. The summed E-state index contributed by atoms with van der Waals surface area (Å²) in [5.74, 6) is -1.32. The van der Waals surface area contributed by atoms with Crippen molar-refractivity contribution < 1.29 is 14.8 Å². The second-order valence-electron chi connectivity index (χ2n) is 4.64. The van der Waals surface area contributed by atoms with Crippen LogP contribution in [-0.2, 0) is 13.6 Å². The van der Waals surface area contributed by atoms with Crippen LogP contribution in [0.2, 0.25) is 0 Å². The van der Waals surface area contributed by atoms with Gasteiger partial charge in [-0.2, -0.15) is 5.10 Å². The van der Waals surface area contributed by atoms with E-state index in [4.69, 9.17) is 5.11 Å². The molecule has 8 heteroatoms. The molecule has 0 aliphatic carbocycles. The van der Waals surface area contributed by atoms with Gasteiger partial charge in [-0.1, -0.05) is 0 Å². The van der Waals surface area contributed by atoms with Crippen LogP contribution in [0.3, 0.4) is 0 Å². The molecule has 0 saturated carbocycles. The number of hydrogen-bond acceptors (Lipinski definition) is 5. The number of aromatic carboxylic acids is 1. The highest BCUT2D eigenvalue weighted by atomic mass is 16.6. The Kier molecular flexibility index (Phi) is 3.88. The minimum absolute atomic E-state index is 0.321. The van der Waals surface area contributed by atoms with E-state index in [1.165, 1.54) is 12.1 Å².